The molecule has 0 radical (unpaired) electrons. The summed E-state index contributed by atoms with van der Waals surface area (Å²) in [5.74, 6) is 2.65. The Morgan fingerprint density at radius 3 is 1.30 bits per heavy atom. The van der Waals surface area contributed by atoms with Gasteiger partial charge in [-0.25, -0.2) is 0 Å². The lowest BCUT2D eigenvalue weighted by atomic mass is 10.0. The van der Waals surface area contributed by atoms with Crippen LogP contribution in [0.3, 0.4) is 0 Å². The molecule has 0 bridgehead atoms. The molecule has 0 atom stereocenters. The Morgan fingerprint density at radius 1 is 0.600 bits per heavy atom. The summed E-state index contributed by atoms with van der Waals surface area (Å²) >= 11 is 0. The molecule has 0 heterocycles. The molecule has 0 rings (SSSR count). The third kappa shape index (κ3) is 17.4. The highest BCUT2D eigenvalue weighted by Gasteiger charge is 2.25. The van der Waals surface area contributed by atoms with Gasteiger partial charge in [0.2, 0.25) is 0 Å². The molecule has 118 valence electrons. The van der Waals surface area contributed by atoms with Gasteiger partial charge < -0.3 is 0 Å². The molecule has 0 saturated heterocycles. The summed E-state index contributed by atoms with van der Waals surface area (Å²) in [4.78, 5) is 0. The van der Waals surface area contributed by atoms with Gasteiger partial charge >= 0.3 is 6.18 Å². The van der Waals surface area contributed by atoms with Crippen LogP contribution in [0.2, 0.25) is 0 Å². The average molecular weight is 290 g/mol. The number of hydrogen-bond acceptors (Lipinski definition) is 0. The molecule has 0 nitrogen and oxygen atoms in total. The van der Waals surface area contributed by atoms with Gasteiger partial charge in [-0.2, -0.15) is 13.2 Å². The first-order valence-corrected chi connectivity index (χ1v) is 8.06. The Morgan fingerprint density at radius 2 is 0.950 bits per heavy atom. The Kier molecular flexibility index (Phi) is 12.9. The smallest absolute Gasteiger partial charge is 0.171 e. The number of unbranched alkanes of at least 4 members (excludes halogenated alkanes) is 12. The molecule has 0 aliphatic heterocycles. The van der Waals surface area contributed by atoms with Crippen LogP contribution in [0.15, 0.2) is 0 Å². The molecular weight excluding hydrogens is 261 g/mol. The molecule has 0 fully saturated rings. The fourth-order valence-corrected chi connectivity index (χ4v) is 2.32. The van der Waals surface area contributed by atoms with Crippen LogP contribution in [0.5, 0.6) is 0 Å². The quantitative estimate of drug-likeness (QED) is 0.263. The van der Waals surface area contributed by atoms with Gasteiger partial charge in [-0.05, 0) is 12.8 Å². The minimum absolute atomic E-state index is 0.293. The summed E-state index contributed by atoms with van der Waals surface area (Å²) < 4.78 is 35.7. The van der Waals surface area contributed by atoms with Crippen molar-refractivity contribution in [1.29, 1.82) is 0 Å². The van der Waals surface area contributed by atoms with E-state index < -0.39 is 12.6 Å². The SMILES string of the molecule is C#CCCCCCCCCCCCCCCC(F)(F)F. The third-order valence-corrected chi connectivity index (χ3v) is 3.53. The lowest BCUT2D eigenvalue weighted by molar-refractivity contribution is -0.135. The van der Waals surface area contributed by atoms with Gasteiger partial charge in [0.25, 0.3) is 0 Å². The van der Waals surface area contributed by atoms with Crippen molar-refractivity contribution in [3.8, 4) is 12.3 Å². The monoisotopic (exact) mass is 290 g/mol. The van der Waals surface area contributed by atoms with Gasteiger partial charge in [-0.1, -0.05) is 64.2 Å². The van der Waals surface area contributed by atoms with Gasteiger partial charge in [0, 0.05) is 12.8 Å². The first-order valence-electron chi connectivity index (χ1n) is 8.06. The maximum Gasteiger partial charge on any atom is 0.389 e. The highest BCUT2D eigenvalue weighted by molar-refractivity contribution is 4.82. The van der Waals surface area contributed by atoms with Crippen LogP contribution in [-0.4, -0.2) is 6.18 Å². The Balaban J connectivity index is 3.01. The van der Waals surface area contributed by atoms with Crippen LogP contribution in [0.1, 0.15) is 89.9 Å². The van der Waals surface area contributed by atoms with E-state index in [9.17, 15) is 13.2 Å². The number of hydrogen-bond donors (Lipinski definition) is 0. The molecule has 0 unspecified atom stereocenters. The van der Waals surface area contributed by atoms with Gasteiger partial charge in [0.1, 0.15) is 0 Å². The van der Waals surface area contributed by atoms with E-state index in [1.165, 1.54) is 44.9 Å². The predicted molar refractivity (Wildman–Crippen MR) is 79.5 cm³/mol. The second-order valence-corrected chi connectivity index (χ2v) is 5.56. The highest BCUT2D eigenvalue weighted by atomic mass is 19.4. The average Bonchev–Trinajstić information content (AvgIpc) is 2.38. The summed E-state index contributed by atoms with van der Waals surface area (Å²) in [6.45, 7) is 0. The first-order chi connectivity index (χ1) is 9.56. The van der Waals surface area contributed by atoms with E-state index in [0.717, 1.165) is 25.7 Å². The standard InChI is InChI=1S/C17H29F3/c1-2-3-4-5-6-7-8-9-10-11-12-13-14-15-16-17(18,19)20/h1H,3-16H2. The van der Waals surface area contributed by atoms with Crippen LogP contribution in [0, 0.1) is 12.3 Å². The second kappa shape index (κ2) is 13.3. The zero-order chi connectivity index (χ0) is 15.1. The zero-order valence-electron chi connectivity index (χ0n) is 12.6. The van der Waals surface area contributed by atoms with Crippen LogP contribution in [0.4, 0.5) is 13.2 Å². The van der Waals surface area contributed by atoms with Crippen LogP contribution in [-0.2, 0) is 0 Å². The first kappa shape index (κ1) is 19.4. The van der Waals surface area contributed by atoms with Crippen molar-refractivity contribution in [3.63, 3.8) is 0 Å². The molecule has 0 aromatic heterocycles. The van der Waals surface area contributed by atoms with Crippen molar-refractivity contribution in [2.24, 2.45) is 0 Å². The molecule has 0 aliphatic rings. The summed E-state index contributed by atoms with van der Waals surface area (Å²) in [6, 6.07) is 0. The maximum atomic E-state index is 11.9. The van der Waals surface area contributed by atoms with Crippen molar-refractivity contribution in [2.75, 3.05) is 0 Å². The minimum atomic E-state index is -3.97. The van der Waals surface area contributed by atoms with Crippen molar-refractivity contribution in [2.45, 2.75) is 96.1 Å². The molecule has 0 spiro atoms. The van der Waals surface area contributed by atoms with Gasteiger partial charge in [0.15, 0.2) is 0 Å². The molecule has 3 heteroatoms. The van der Waals surface area contributed by atoms with E-state index in [2.05, 4.69) is 5.92 Å². The normalized spacial score (nSPS) is 11.5. The lowest BCUT2D eigenvalue weighted by Gasteiger charge is -2.05. The van der Waals surface area contributed by atoms with Crippen LogP contribution in [0.25, 0.3) is 0 Å². The number of alkyl halides is 3. The van der Waals surface area contributed by atoms with Crippen LogP contribution >= 0.6 is 0 Å². The Labute approximate surface area is 122 Å². The summed E-state index contributed by atoms with van der Waals surface area (Å²) in [5.41, 5.74) is 0. The van der Waals surface area contributed by atoms with Gasteiger partial charge in [0.05, 0.1) is 0 Å². The van der Waals surface area contributed by atoms with Crippen molar-refractivity contribution in [3.05, 3.63) is 0 Å². The van der Waals surface area contributed by atoms with E-state index in [1.54, 1.807) is 0 Å². The topological polar surface area (TPSA) is 0 Å². The molecular formula is C17H29F3. The highest BCUT2D eigenvalue weighted by Crippen LogP contribution is 2.23. The zero-order valence-corrected chi connectivity index (χ0v) is 12.6. The molecule has 0 aliphatic carbocycles. The van der Waals surface area contributed by atoms with E-state index in [-0.39, 0.29) is 0 Å². The molecule has 0 aromatic rings. The summed E-state index contributed by atoms with van der Waals surface area (Å²) in [7, 11) is 0. The molecule has 0 N–H and O–H groups in total. The third-order valence-electron chi connectivity index (χ3n) is 3.53. The molecule has 20 heavy (non-hydrogen) atoms. The van der Waals surface area contributed by atoms with Crippen molar-refractivity contribution < 1.29 is 13.2 Å². The lowest BCUT2D eigenvalue weighted by Crippen LogP contribution is -2.06. The Bertz CT molecular complexity index is 238. The summed E-state index contributed by atoms with van der Waals surface area (Å²) in [5, 5.41) is 0. The van der Waals surface area contributed by atoms with E-state index in [4.69, 9.17) is 6.42 Å². The molecule has 0 amide bonds. The fraction of sp³-hybridized carbons (Fsp3) is 0.882. The van der Waals surface area contributed by atoms with Crippen molar-refractivity contribution in [1.82, 2.24) is 0 Å². The van der Waals surface area contributed by atoms with E-state index >= 15 is 0 Å². The molecule has 0 aromatic carbocycles. The molecule has 0 saturated carbocycles. The number of halogens is 3. The minimum Gasteiger partial charge on any atom is -0.171 e. The predicted octanol–water partition coefficient (Wildman–Crippen LogP) is 6.64. The van der Waals surface area contributed by atoms with E-state index in [0.29, 0.717) is 12.8 Å². The number of rotatable bonds is 13. The number of terminal acetylenes is 1. The van der Waals surface area contributed by atoms with E-state index in [1.807, 2.05) is 0 Å². The van der Waals surface area contributed by atoms with Gasteiger partial charge in [-0.15, -0.1) is 12.3 Å². The maximum absolute atomic E-state index is 11.9. The van der Waals surface area contributed by atoms with Crippen LogP contribution < -0.4 is 0 Å². The largest absolute Gasteiger partial charge is 0.389 e. The Hall–Kier alpha value is -0.650. The fourth-order valence-electron chi connectivity index (χ4n) is 2.32. The van der Waals surface area contributed by atoms with Crippen molar-refractivity contribution >= 4 is 0 Å². The van der Waals surface area contributed by atoms with Gasteiger partial charge in [-0.3, -0.25) is 0 Å². The second-order valence-electron chi connectivity index (χ2n) is 5.56. The summed E-state index contributed by atoms with van der Waals surface area (Å²) in [6.07, 6.45) is 14.4.